The van der Waals surface area contributed by atoms with Crippen molar-refractivity contribution in [3.05, 3.63) is 71.8 Å². The molecule has 4 rings (SSSR count). The normalized spacial score (nSPS) is 26.6. The van der Waals surface area contributed by atoms with Crippen LogP contribution in [-0.2, 0) is 51.3 Å². The SMILES string of the molecule is CC(=O)OC(C)=O.CC[C@H]1OC(=O)[C@H](OCc2ccccc2)[C@@H]1C.CC[C@H]1OC(O)[C@H](OCc2ccccc2)[C@@H]1C. The van der Waals surface area contributed by atoms with E-state index in [1.54, 1.807) is 0 Å². The van der Waals surface area contributed by atoms with E-state index < -0.39 is 24.3 Å². The predicted octanol–water partition coefficient (Wildman–Crippen LogP) is 4.97. The molecule has 0 bridgehead atoms. The molecule has 2 saturated heterocycles. The minimum atomic E-state index is -0.793. The highest BCUT2D eigenvalue weighted by Gasteiger charge is 2.42. The molecule has 0 saturated carbocycles. The molecule has 2 aromatic carbocycles. The van der Waals surface area contributed by atoms with Crippen molar-refractivity contribution in [2.24, 2.45) is 11.8 Å². The van der Waals surface area contributed by atoms with E-state index in [4.69, 9.17) is 18.9 Å². The van der Waals surface area contributed by atoms with Gasteiger partial charge in [0.1, 0.15) is 12.2 Å². The molecule has 226 valence electrons. The molecule has 1 N–H and O–H groups in total. The molecule has 1 unspecified atom stereocenters. The molecule has 0 radical (unpaired) electrons. The Bertz CT molecular complexity index is 1050. The minimum absolute atomic E-state index is 0.00303. The molecule has 41 heavy (non-hydrogen) atoms. The maximum Gasteiger partial charge on any atom is 0.335 e. The van der Waals surface area contributed by atoms with Gasteiger partial charge in [0.15, 0.2) is 12.4 Å². The lowest BCUT2D eigenvalue weighted by molar-refractivity contribution is -0.156. The van der Waals surface area contributed by atoms with Crippen molar-refractivity contribution < 1.29 is 43.2 Å². The first-order chi connectivity index (χ1) is 19.6. The van der Waals surface area contributed by atoms with Crippen LogP contribution in [0.1, 0.15) is 65.5 Å². The van der Waals surface area contributed by atoms with Gasteiger partial charge in [-0.05, 0) is 24.0 Å². The van der Waals surface area contributed by atoms with Crippen molar-refractivity contribution in [1.29, 1.82) is 0 Å². The molecule has 0 amide bonds. The summed E-state index contributed by atoms with van der Waals surface area (Å²) < 4.78 is 26.1. The fourth-order valence-corrected chi connectivity index (χ4v) is 4.69. The topological polar surface area (TPSA) is 118 Å². The van der Waals surface area contributed by atoms with Crippen LogP contribution in [0.15, 0.2) is 60.7 Å². The Kier molecular flexibility index (Phi) is 14.7. The molecule has 0 aromatic heterocycles. The Hall–Kier alpha value is -3.11. The number of carbonyl (C=O) groups is 3. The largest absolute Gasteiger partial charge is 0.460 e. The highest BCUT2D eigenvalue weighted by Crippen LogP contribution is 2.30. The van der Waals surface area contributed by atoms with E-state index in [0.717, 1.165) is 24.0 Å². The van der Waals surface area contributed by atoms with Crippen molar-refractivity contribution in [3.8, 4) is 0 Å². The Labute approximate surface area is 243 Å². The number of hydrogen-bond donors (Lipinski definition) is 1. The Balaban J connectivity index is 0.000000235. The highest BCUT2D eigenvalue weighted by molar-refractivity contribution is 5.82. The number of rotatable bonds is 8. The number of esters is 3. The Morgan fingerprint density at radius 2 is 1.27 bits per heavy atom. The van der Waals surface area contributed by atoms with Crippen molar-refractivity contribution in [1.82, 2.24) is 0 Å². The second-order valence-corrected chi connectivity index (χ2v) is 10.1. The van der Waals surface area contributed by atoms with Crippen molar-refractivity contribution in [3.63, 3.8) is 0 Å². The Morgan fingerprint density at radius 1 is 0.780 bits per heavy atom. The van der Waals surface area contributed by atoms with Crippen molar-refractivity contribution in [2.75, 3.05) is 0 Å². The lowest BCUT2D eigenvalue weighted by atomic mass is 9.99. The first kappa shape index (κ1) is 34.1. The average molecular weight is 573 g/mol. The summed E-state index contributed by atoms with van der Waals surface area (Å²) >= 11 is 0. The molecule has 9 heteroatoms. The lowest BCUT2D eigenvalue weighted by Crippen LogP contribution is -2.28. The van der Waals surface area contributed by atoms with E-state index in [1.807, 2.05) is 74.5 Å². The van der Waals surface area contributed by atoms with Gasteiger partial charge in [-0.15, -0.1) is 0 Å². The lowest BCUT2D eigenvalue weighted by Gasteiger charge is -2.18. The van der Waals surface area contributed by atoms with Crippen LogP contribution < -0.4 is 0 Å². The summed E-state index contributed by atoms with van der Waals surface area (Å²) in [6.45, 7) is 11.5. The van der Waals surface area contributed by atoms with Gasteiger partial charge in [-0.25, -0.2) is 4.79 Å². The zero-order valence-corrected chi connectivity index (χ0v) is 24.9. The summed E-state index contributed by atoms with van der Waals surface area (Å²) in [7, 11) is 0. The average Bonchev–Trinajstić information content (AvgIpc) is 3.39. The summed E-state index contributed by atoms with van der Waals surface area (Å²) in [5.41, 5.74) is 2.19. The minimum Gasteiger partial charge on any atom is -0.460 e. The number of aliphatic hydroxyl groups excluding tert-OH is 1. The highest BCUT2D eigenvalue weighted by atomic mass is 16.7. The maximum absolute atomic E-state index is 11.6. The quantitative estimate of drug-likeness (QED) is 0.345. The van der Waals surface area contributed by atoms with Crippen LogP contribution in [0.25, 0.3) is 0 Å². The second kappa shape index (κ2) is 17.6. The van der Waals surface area contributed by atoms with Crippen LogP contribution in [0, 0.1) is 11.8 Å². The summed E-state index contributed by atoms with van der Waals surface area (Å²) in [4.78, 5) is 31.3. The third-order valence-electron chi connectivity index (χ3n) is 6.91. The number of ether oxygens (including phenoxy) is 5. The smallest absolute Gasteiger partial charge is 0.335 e. The van der Waals surface area contributed by atoms with Gasteiger partial charge < -0.3 is 28.8 Å². The first-order valence-electron chi connectivity index (χ1n) is 14.1. The molecule has 2 heterocycles. The molecule has 2 aliphatic heterocycles. The molecule has 0 spiro atoms. The van der Waals surface area contributed by atoms with Crippen LogP contribution in [0.3, 0.4) is 0 Å². The van der Waals surface area contributed by atoms with Crippen LogP contribution in [0.5, 0.6) is 0 Å². The Morgan fingerprint density at radius 3 is 1.66 bits per heavy atom. The van der Waals surface area contributed by atoms with Gasteiger partial charge in [-0.3, -0.25) is 9.59 Å². The monoisotopic (exact) mass is 572 g/mol. The van der Waals surface area contributed by atoms with E-state index in [1.165, 1.54) is 13.8 Å². The summed E-state index contributed by atoms with van der Waals surface area (Å²) in [5.74, 6) is -0.977. The molecule has 2 fully saturated rings. The van der Waals surface area contributed by atoms with E-state index >= 15 is 0 Å². The van der Waals surface area contributed by atoms with E-state index in [-0.39, 0.29) is 36.1 Å². The summed E-state index contributed by atoms with van der Waals surface area (Å²) in [5, 5.41) is 9.79. The molecule has 9 nitrogen and oxygen atoms in total. The predicted molar refractivity (Wildman–Crippen MR) is 152 cm³/mol. The maximum atomic E-state index is 11.6. The summed E-state index contributed by atoms with van der Waals surface area (Å²) in [6, 6.07) is 19.8. The van der Waals surface area contributed by atoms with Gasteiger partial charge in [0, 0.05) is 25.7 Å². The van der Waals surface area contributed by atoms with Crippen LogP contribution >= 0.6 is 0 Å². The van der Waals surface area contributed by atoms with Crippen LogP contribution in [0.2, 0.25) is 0 Å². The van der Waals surface area contributed by atoms with Crippen molar-refractivity contribution in [2.45, 2.75) is 98.3 Å². The van der Waals surface area contributed by atoms with Gasteiger partial charge in [-0.1, -0.05) is 88.4 Å². The van der Waals surface area contributed by atoms with Gasteiger partial charge >= 0.3 is 17.9 Å². The van der Waals surface area contributed by atoms with Gasteiger partial charge in [0.05, 0.1) is 19.3 Å². The van der Waals surface area contributed by atoms with Crippen molar-refractivity contribution >= 4 is 17.9 Å². The number of hydrogen-bond acceptors (Lipinski definition) is 9. The standard InChI is InChI=1S/C14H20O3.C14H18O3.C4H6O3/c2*1-3-12-10(2)13(14(15)17-12)16-9-11-7-5-4-6-8-11;1-3(5)7-4(2)6/h4-8,10,12-15H,3,9H2,1-2H3;4-8,10,12-13H,3,9H2,1-2H3;1-2H3/t10-,12-,13-,14?;10-,12-,13-;/m11./s1. The fraction of sp³-hybridized carbons (Fsp3) is 0.531. The van der Waals surface area contributed by atoms with Gasteiger partial charge in [0.2, 0.25) is 0 Å². The molecule has 2 aliphatic rings. The first-order valence-corrected chi connectivity index (χ1v) is 14.1. The fourth-order valence-electron chi connectivity index (χ4n) is 4.69. The van der Waals surface area contributed by atoms with E-state index in [9.17, 15) is 19.5 Å². The molecule has 0 aliphatic carbocycles. The number of carbonyl (C=O) groups excluding carboxylic acids is 3. The zero-order valence-electron chi connectivity index (χ0n) is 24.9. The molecule has 7 atom stereocenters. The molecular weight excluding hydrogens is 528 g/mol. The van der Waals surface area contributed by atoms with Crippen LogP contribution in [-0.4, -0.2) is 53.7 Å². The number of cyclic esters (lactones) is 1. The number of aliphatic hydroxyl groups is 1. The summed E-state index contributed by atoms with van der Waals surface area (Å²) in [6.07, 6.45) is 0.426. The van der Waals surface area contributed by atoms with Gasteiger partial charge in [0.25, 0.3) is 0 Å². The van der Waals surface area contributed by atoms with Gasteiger partial charge in [-0.2, -0.15) is 0 Å². The van der Waals surface area contributed by atoms with E-state index in [2.05, 4.69) is 18.6 Å². The molecule has 2 aromatic rings. The molecular formula is C32H44O9. The third-order valence-corrected chi connectivity index (χ3v) is 6.91. The third kappa shape index (κ3) is 11.4. The zero-order chi connectivity index (χ0) is 30.4. The van der Waals surface area contributed by atoms with E-state index in [0.29, 0.717) is 13.2 Å². The second-order valence-electron chi connectivity index (χ2n) is 10.1. The van der Waals surface area contributed by atoms with Crippen LogP contribution in [0.4, 0.5) is 0 Å². The number of benzene rings is 2.